The zero-order chi connectivity index (χ0) is 18.7. The molecule has 4 aliphatic rings. The van der Waals surface area contributed by atoms with Gasteiger partial charge >= 0.3 is 5.97 Å². The van der Waals surface area contributed by atoms with Crippen molar-refractivity contribution >= 4 is 11.8 Å². The SMILES string of the molecule is COC1=CC2=CC[C@H]3[C@@H]4CCC(=O)[C@@]4(C)CC[C@@H]3[C@@]2(C)C(OC(C)=O)C1. The lowest BCUT2D eigenvalue weighted by Gasteiger charge is -2.57. The molecule has 0 aromatic carbocycles. The number of ketones is 1. The molecule has 6 atom stereocenters. The molecule has 26 heavy (non-hydrogen) atoms. The first-order valence-corrected chi connectivity index (χ1v) is 9.96. The Bertz CT molecular complexity index is 705. The minimum atomic E-state index is -0.230. The van der Waals surface area contributed by atoms with Crippen LogP contribution in [0.25, 0.3) is 0 Å². The average molecular weight is 358 g/mol. The Morgan fingerprint density at radius 2 is 2.00 bits per heavy atom. The topological polar surface area (TPSA) is 52.6 Å². The summed E-state index contributed by atoms with van der Waals surface area (Å²) in [5.74, 6) is 2.54. The molecule has 4 aliphatic carbocycles. The van der Waals surface area contributed by atoms with Crippen LogP contribution in [-0.4, -0.2) is 25.0 Å². The highest BCUT2D eigenvalue weighted by Crippen LogP contribution is 2.64. The minimum absolute atomic E-state index is 0.137. The number of methoxy groups -OCH3 is 1. The van der Waals surface area contributed by atoms with Gasteiger partial charge in [0.05, 0.1) is 12.9 Å². The molecule has 0 amide bonds. The van der Waals surface area contributed by atoms with E-state index in [0.717, 1.165) is 37.9 Å². The predicted molar refractivity (Wildman–Crippen MR) is 98.1 cm³/mol. The summed E-state index contributed by atoms with van der Waals surface area (Å²) in [6, 6.07) is 0. The third kappa shape index (κ3) is 2.33. The second kappa shape index (κ2) is 5.97. The van der Waals surface area contributed by atoms with Gasteiger partial charge in [0.1, 0.15) is 11.9 Å². The summed E-state index contributed by atoms with van der Waals surface area (Å²) >= 11 is 0. The van der Waals surface area contributed by atoms with Gasteiger partial charge in [-0.1, -0.05) is 19.9 Å². The third-order valence-electron chi connectivity index (χ3n) is 8.09. The monoisotopic (exact) mass is 358 g/mol. The third-order valence-corrected chi connectivity index (χ3v) is 8.09. The van der Waals surface area contributed by atoms with Crippen molar-refractivity contribution in [2.45, 2.75) is 65.4 Å². The number of ether oxygens (including phenoxy) is 2. The summed E-state index contributed by atoms with van der Waals surface area (Å²) in [6.07, 6.45) is 9.69. The highest BCUT2D eigenvalue weighted by Gasteiger charge is 2.60. The number of carbonyl (C=O) groups excluding carboxylic acids is 2. The molecule has 0 bridgehead atoms. The van der Waals surface area contributed by atoms with Crippen molar-refractivity contribution in [1.82, 2.24) is 0 Å². The standard InChI is InChI=1S/C22H30O4/c1-13(23)26-20-12-15(25-4)11-14-5-6-16-17-7-8-19(24)21(17,2)10-9-18(16)22(14,20)3/h5,11,16-18,20H,6-10,12H2,1-4H3/t16-,17-,18-,20?,21-,22-/m0/s1. The zero-order valence-electron chi connectivity index (χ0n) is 16.3. The van der Waals surface area contributed by atoms with Crippen LogP contribution in [0.1, 0.15) is 59.3 Å². The van der Waals surface area contributed by atoms with Crippen molar-refractivity contribution in [1.29, 1.82) is 0 Å². The van der Waals surface area contributed by atoms with Gasteiger partial charge in [0.25, 0.3) is 0 Å². The van der Waals surface area contributed by atoms with Gasteiger partial charge in [-0.3, -0.25) is 9.59 Å². The number of hydrogen-bond acceptors (Lipinski definition) is 4. The van der Waals surface area contributed by atoms with E-state index in [2.05, 4.69) is 26.0 Å². The Labute approximate surface area is 156 Å². The van der Waals surface area contributed by atoms with Gasteiger partial charge in [-0.15, -0.1) is 0 Å². The molecule has 0 saturated heterocycles. The highest BCUT2D eigenvalue weighted by atomic mass is 16.5. The van der Waals surface area contributed by atoms with Gasteiger partial charge in [0.15, 0.2) is 0 Å². The van der Waals surface area contributed by atoms with Crippen LogP contribution in [0.2, 0.25) is 0 Å². The number of allylic oxidation sites excluding steroid dienone is 2. The predicted octanol–water partition coefficient (Wildman–Crippen LogP) is 4.20. The van der Waals surface area contributed by atoms with Crippen LogP contribution in [0.4, 0.5) is 0 Å². The molecule has 0 radical (unpaired) electrons. The molecule has 1 unspecified atom stereocenters. The van der Waals surface area contributed by atoms with E-state index >= 15 is 0 Å². The van der Waals surface area contributed by atoms with E-state index in [1.807, 2.05) is 0 Å². The van der Waals surface area contributed by atoms with Gasteiger partial charge < -0.3 is 9.47 Å². The normalized spacial score (nSPS) is 44.2. The Morgan fingerprint density at radius 1 is 1.23 bits per heavy atom. The van der Waals surface area contributed by atoms with Crippen LogP contribution in [-0.2, 0) is 19.1 Å². The van der Waals surface area contributed by atoms with Gasteiger partial charge in [0, 0.05) is 30.6 Å². The fraction of sp³-hybridized carbons (Fsp3) is 0.727. The second-order valence-corrected chi connectivity index (χ2v) is 9.09. The van der Waals surface area contributed by atoms with Crippen molar-refractivity contribution < 1.29 is 19.1 Å². The molecular formula is C22H30O4. The lowest BCUT2D eigenvalue weighted by Crippen LogP contribution is -2.54. The van der Waals surface area contributed by atoms with E-state index in [4.69, 9.17) is 9.47 Å². The lowest BCUT2D eigenvalue weighted by molar-refractivity contribution is -0.160. The molecule has 0 aromatic heterocycles. The van der Waals surface area contributed by atoms with Crippen molar-refractivity contribution in [2.75, 3.05) is 7.11 Å². The smallest absolute Gasteiger partial charge is 0.302 e. The van der Waals surface area contributed by atoms with Crippen molar-refractivity contribution in [3.05, 3.63) is 23.5 Å². The summed E-state index contributed by atoms with van der Waals surface area (Å²) in [4.78, 5) is 24.4. The Morgan fingerprint density at radius 3 is 2.69 bits per heavy atom. The van der Waals surface area contributed by atoms with E-state index in [1.165, 1.54) is 12.5 Å². The maximum absolute atomic E-state index is 12.5. The van der Waals surface area contributed by atoms with Crippen LogP contribution >= 0.6 is 0 Å². The number of rotatable bonds is 2. The molecule has 0 N–H and O–H groups in total. The van der Waals surface area contributed by atoms with E-state index in [-0.39, 0.29) is 22.9 Å². The summed E-state index contributed by atoms with van der Waals surface area (Å²) in [6.45, 7) is 5.95. The summed E-state index contributed by atoms with van der Waals surface area (Å²) < 4.78 is 11.4. The molecular weight excluding hydrogens is 328 g/mol. The molecule has 4 heteroatoms. The summed E-state index contributed by atoms with van der Waals surface area (Å²) in [5.41, 5.74) is 0.923. The average Bonchev–Trinajstić information content (AvgIpc) is 2.90. The fourth-order valence-corrected chi connectivity index (χ4v) is 6.60. The van der Waals surface area contributed by atoms with Crippen molar-refractivity contribution in [2.24, 2.45) is 28.6 Å². The molecule has 0 heterocycles. The van der Waals surface area contributed by atoms with Gasteiger partial charge in [-0.05, 0) is 55.1 Å². The Kier molecular flexibility index (Phi) is 4.09. The first kappa shape index (κ1) is 17.8. The van der Waals surface area contributed by atoms with E-state index in [0.29, 0.717) is 30.0 Å². The number of hydrogen-bond donors (Lipinski definition) is 0. The number of fused-ring (bicyclic) bond motifs is 5. The molecule has 2 saturated carbocycles. The Hall–Kier alpha value is -1.58. The van der Waals surface area contributed by atoms with Crippen LogP contribution in [0.3, 0.4) is 0 Å². The molecule has 4 nitrogen and oxygen atoms in total. The van der Waals surface area contributed by atoms with Crippen molar-refractivity contribution in [3.8, 4) is 0 Å². The minimum Gasteiger partial charge on any atom is -0.501 e. The number of esters is 1. The van der Waals surface area contributed by atoms with Gasteiger partial charge in [0.2, 0.25) is 0 Å². The molecule has 142 valence electrons. The number of carbonyl (C=O) groups is 2. The van der Waals surface area contributed by atoms with Gasteiger partial charge in [-0.2, -0.15) is 0 Å². The molecule has 2 fully saturated rings. The molecule has 0 aromatic rings. The summed E-state index contributed by atoms with van der Waals surface area (Å²) in [5, 5.41) is 0. The largest absolute Gasteiger partial charge is 0.501 e. The molecule has 0 spiro atoms. The first-order chi connectivity index (χ1) is 12.3. The van der Waals surface area contributed by atoms with Crippen LogP contribution < -0.4 is 0 Å². The van der Waals surface area contributed by atoms with Crippen LogP contribution in [0.5, 0.6) is 0 Å². The van der Waals surface area contributed by atoms with Crippen LogP contribution in [0.15, 0.2) is 23.5 Å². The van der Waals surface area contributed by atoms with Crippen molar-refractivity contribution in [3.63, 3.8) is 0 Å². The number of Topliss-reactive ketones (excluding diaryl/α,β-unsaturated/α-hetero) is 1. The van der Waals surface area contributed by atoms with E-state index in [9.17, 15) is 9.59 Å². The van der Waals surface area contributed by atoms with Gasteiger partial charge in [-0.25, -0.2) is 0 Å². The fourth-order valence-electron chi connectivity index (χ4n) is 6.60. The Balaban J connectivity index is 1.75. The maximum atomic E-state index is 12.5. The second-order valence-electron chi connectivity index (χ2n) is 9.09. The van der Waals surface area contributed by atoms with Crippen LogP contribution in [0, 0.1) is 28.6 Å². The maximum Gasteiger partial charge on any atom is 0.302 e. The van der Waals surface area contributed by atoms with E-state index in [1.54, 1.807) is 7.11 Å². The zero-order valence-corrected chi connectivity index (χ0v) is 16.3. The first-order valence-electron chi connectivity index (χ1n) is 9.96. The highest BCUT2D eigenvalue weighted by molar-refractivity contribution is 5.87. The summed E-state index contributed by atoms with van der Waals surface area (Å²) in [7, 11) is 1.68. The lowest BCUT2D eigenvalue weighted by atomic mass is 9.48. The molecule has 4 rings (SSSR count). The van der Waals surface area contributed by atoms with E-state index < -0.39 is 0 Å². The molecule has 0 aliphatic heterocycles. The quantitative estimate of drug-likeness (QED) is 0.694.